The molecule has 0 unspecified atom stereocenters. The van der Waals surface area contributed by atoms with Crippen LogP contribution in [0.4, 0.5) is 5.69 Å². The van der Waals surface area contributed by atoms with Crippen LogP contribution in [0.1, 0.15) is 42.5 Å². The fourth-order valence-electron chi connectivity index (χ4n) is 3.50. The number of ether oxygens (including phenoxy) is 1. The van der Waals surface area contributed by atoms with Crippen LogP contribution in [0.15, 0.2) is 22.7 Å². The number of carbonyl (C=O) groups excluding carboxylic acids is 1. The Hall–Kier alpha value is -1.03. The van der Waals surface area contributed by atoms with E-state index in [9.17, 15) is 4.79 Å². The number of hydrogen-bond acceptors (Lipinski definition) is 3. The van der Waals surface area contributed by atoms with Crippen molar-refractivity contribution in [1.29, 1.82) is 0 Å². The van der Waals surface area contributed by atoms with E-state index in [1.807, 2.05) is 18.2 Å². The Morgan fingerprint density at radius 3 is 2.81 bits per heavy atom. The fourth-order valence-corrected chi connectivity index (χ4v) is 3.86. The first-order chi connectivity index (χ1) is 10.2. The second-order valence-electron chi connectivity index (χ2n) is 6.29. The van der Waals surface area contributed by atoms with E-state index in [1.165, 1.54) is 39.2 Å². The van der Waals surface area contributed by atoms with E-state index in [0.29, 0.717) is 5.56 Å². The number of anilines is 1. The molecule has 1 heterocycles. The summed E-state index contributed by atoms with van der Waals surface area (Å²) < 4.78 is 5.84. The molecule has 21 heavy (non-hydrogen) atoms. The van der Waals surface area contributed by atoms with Gasteiger partial charge in [0.15, 0.2) is 0 Å². The Morgan fingerprint density at radius 2 is 2.14 bits per heavy atom. The van der Waals surface area contributed by atoms with Gasteiger partial charge < -0.3 is 9.64 Å². The second-order valence-corrected chi connectivity index (χ2v) is 7.20. The number of methoxy groups -OCH3 is 1. The van der Waals surface area contributed by atoms with Crippen LogP contribution < -0.4 is 4.90 Å². The molecule has 0 amide bonds. The third kappa shape index (κ3) is 3.25. The highest BCUT2D eigenvalue weighted by Gasteiger charge is 2.29. The molecule has 0 spiro atoms. The molecule has 0 bridgehead atoms. The lowest BCUT2D eigenvalue weighted by molar-refractivity contribution is 0.0601. The first-order valence-electron chi connectivity index (χ1n) is 7.80. The lowest BCUT2D eigenvalue weighted by Crippen LogP contribution is -2.24. The molecule has 1 aromatic rings. The van der Waals surface area contributed by atoms with E-state index in [0.717, 1.165) is 35.1 Å². The van der Waals surface area contributed by atoms with Gasteiger partial charge in [-0.15, -0.1) is 0 Å². The van der Waals surface area contributed by atoms with E-state index in [2.05, 4.69) is 20.8 Å². The van der Waals surface area contributed by atoms with Gasteiger partial charge in [-0.05, 0) is 42.9 Å². The molecule has 0 aromatic heterocycles. The van der Waals surface area contributed by atoms with Crippen LogP contribution in [-0.4, -0.2) is 26.2 Å². The summed E-state index contributed by atoms with van der Waals surface area (Å²) in [6.07, 6.45) is 6.86. The minimum Gasteiger partial charge on any atom is -0.465 e. The summed E-state index contributed by atoms with van der Waals surface area (Å²) in [5.41, 5.74) is 1.68. The van der Waals surface area contributed by atoms with Crippen LogP contribution in [0.2, 0.25) is 0 Å². The zero-order valence-corrected chi connectivity index (χ0v) is 14.1. The summed E-state index contributed by atoms with van der Waals surface area (Å²) in [6.45, 7) is 2.12. The molecule has 1 atom stereocenters. The van der Waals surface area contributed by atoms with Crippen molar-refractivity contribution < 1.29 is 9.53 Å². The van der Waals surface area contributed by atoms with Gasteiger partial charge in [-0.3, -0.25) is 0 Å². The van der Waals surface area contributed by atoms with Crippen LogP contribution in [0, 0.1) is 11.8 Å². The first kappa shape index (κ1) is 14.9. The zero-order valence-electron chi connectivity index (χ0n) is 12.5. The predicted molar refractivity (Wildman–Crippen MR) is 87.8 cm³/mol. The van der Waals surface area contributed by atoms with Gasteiger partial charge >= 0.3 is 5.97 Å². The zero-order chi connectivity index (χ0) is 14.8. The average molecular weight is 352 g/mol. The normalized spacial score (nSPS) is 22.2. The van der Waals surface area contributed by atoms with E-state index in [-0.39, 0.29) is 5.97 Å². The van der Waals surface area contributed by atoms with Crippen molar-refractivity contribution in [1.82, 2.24) is 0 Å². The third-order valence-electron chi connectivity index (χ3n) is 4.88. The molecule has 0 radical (unpaired) electrons. The SMILES string of the molecule is COC(=O)c1cc(Br)ccc1N1CC[C@@H](CC2CCC2)C1. The van der Waals surface area contributed by atoms with Gasteiger partial charge in [-0.2, -0.15) is 0 Å². The van der Waals surface area contributed by atoms with Gasteiger partial charge in [0.2, 0.25) is 0 Å². The maximum Gasteiger partial charge on any atom is 0.340 e. The van der Waals surface area contributed by atoms with E-state index < -0.39 is 0 Å². The molecule has 4 heteroatoms. The summed E-state index contributed by atoms with van der Waals surface area (Å²) >= 11 is 3.44. The first-order valence-corrected chi connectivity index (χ1v) is 8.59. The number of rotatable bonds is 4. The maximum absolute atomic E-state index is 12.0. The summed E-state index contributed by atoms with van der Waals surface area (Å²) in [5.74, 6) is 1.48. The molecule has 0 N–H and O–H groups in total. The monoisotopic (exact) mass is 351 g/mol. The Balaban J connectivity index is 1.73. The smallest absolute Gasteiger partial charge is 0.340 e. The highest BCUT2D eigenvalue weighted by Crippen LogP contribution is 2.37. The van der Waals surface area contributed by atoms with Crippen molar-refractivity contribution in [3.63, 3.8) is 0 Å². The maximum atomic E-state index is 12.0. The Labute approximate surface area is 134 Å². The molecule has 1 aliphatic heterocycles. The van der Waals surface area contributed by atoms with Crippen LogP contribution in [0.5, 0.6) is 0 Å². The minimum atomic E-state index is -0.256. The number of carbonyl (C=O) groups is 1. The van der Waals surface area contributed by atoms with E-state index in [4.69, 9.17) is 4.74 Å². The van der Waals surface area contributed by atoms with Gasteiger partial charge in [0.05, 0.1) is 18.4 Å². The molecule has 114 valence electrons. The molecule has 3 nitrogen and oxygen atoms in total. The molecule has 1 saturated carbocycles. The molecule has 1 aromatic carbocycles. The average Bonchev–Trinajstić information content (AvgIpc) is 2.90. The van der Waals surface area contributed by atoms with Crippen molar-refractivity contribution in [3.8, 4) is 0 Å². The Kier molecular flexibility index (Phi) is 4.53. The molecular formula is C17H22BrNO2. The Morgan fingerprint density at radius 1 is 1.33 bits per heavy atom. The quantitative estimate of drug-likeness (QED) is 0.759. The second kappa shape index (κ2) is 6.39. The van der Waals surface area contributed by atoms with Crippen LogP contribution >= 0.6 is 15.9 Å². The highest BCUT2D eigenvalue weighted by atomic mass is 79.9. The van der Waals surface area contributed by atoms with E-state index in [1.54, 1.807) is 0 Å². The summed E-state index contributed by atoms with van der Waals surface area (Å²) in [6, 6.07) is 5.89. The van der Waals surface area contributed by atoms with Crippen LogP contribution in [-0.2, 0) is 4.74 Å². The molecule has 2 aliphatic rings. The standard InChI is InChI=1S/C17H22BrNO2/c1-21-17(20)15-10-14(18)5-6-16(15)19-8-7-13(11-19)9-12-3-2-4-12/h5-6,10,12-13H,2-4,7-9,11H2,1H3/t13-/m0/s1. The fraction of sp³-hybridized carbons (Fsp3) is 0.588. The number of benzene rings is 1. The van der Waals surface area contributed by atoms with Crippen LogP contribution in [0.3, 0.4) is 0 Å². The van der Waals surface area contributed by atoms with Gasteiger partial charge in [0, 0.05) is 17.6 Å². The number of nitrogens with zero attached hydrogens (tertiary/aromatic N) is 1. The van der Waals surface area contributed by atoms with Gasteiger partial charge in [-0.1, -0.05) is 35.2 Å². The molecule has 2 fully saturated rings. The number of esters is 1. The van der Waals surface area contributed by atoms with Gasteiger partial charge in [-0.25, -0.2) is 4.79 Å². The van der Waals surface area contributed by atoms with Crippen LogP contribution in [0.25, 0.3) is 0 Å². The van der Waals surface area contributed by atoms with Crippen molar-refractivity contribution >= 4 is 27.6 Å². The van der Waals surface area contributed by atoms with Gasteiger partial charge in [0.25, 0.3) is 0 Å². The topological polar surface area (TPSA) is 29.5 Å². The van der Waals surface area contributed by atoms with Gasteiger partial charge in [0.1, 0.15) is 0 Å². The molecule has 1 saturated heterocycles. The van der Waals surface area contributed by atoms with E-state index >= 15 is 0 Å². The lowest BCUT2D eigenvalue weighted by atomic mass is 9.79. The van der Waals surface area contributed by atoms with Crippen molar-refractivity contribution in [2.75, 3.05) is 25.1 Å². The number of hydrogen-bond donors (Lipinski definition) is 0. The van der Waals surface area contributed by atoms with Crippen molar-refractivity contribution in [3.05, 3.63) is 28.2 Å². The van der Waals surface area contributed by atoms with Crippen molar-refractivity contribution in [2.24, 2.45) is 11.8 Å². The van der Waals surface area contributed by atoms with Crippen molar-refractivity contribution in [2.45, 2.75) is 32.1 Å². The summed E-state index contributed by atoms with van der Waals surface area (Å²) in [5, 5.41) is 0. The largest absolute Gasteiger partial charge is 0.465 e. The lowest BCUT2D eigenvalue weighted by Gasteiger charge is -2.28. The number of halogens is 1. The molecule has 3 rings (SSSR count). The minimum absolute atomic E-state index is 0.256. The highest BCUT2D eigenvalue weighted by molar-refractivity contribution is 9.10. The predicted octanol–water partition coefficient (Wildman–Crippen LogP) is 4.25. The summed E-state index contributed by atoms with van der Waals surface area (Å²) in [7, 11) is 1.44. The Bertz CT molecular complexity index is 528. The molecular weight excluding hydrogens is 330 g/mol. The summed E-state index contributed by atoms with van der Waals surface area (Å²) in [4.78, 5) is 14.3. The molecule has 1 aliphatic carbocycles. The third-order valence-corrected chi connectivity index (χ3v) is 5.38.